The zero-order valence-corrected chi connectivity index (χ0v) is 12.0. The van der Waals surface area contributed by atoms with Crippen LogP contribution < -0.4 is 0 Å². The molecule has 1 aliphatic rings. The average molecular weight is 274 g/mol. The third-order valence-electron chi connectivity index (χ3n) is 3.64. The van der Waals surface area contributed by atoms with Crippen LogP contribution in [0.2, 0.25) is 0 Å². The van der Waals surface area contributed by atoms with Gasteiger partial charge in [0.1, 0.15) is 0 Å². The van der Waals surface area contributed by atoms with Crippen molar-refractivity contribution >= 4 is 5.91 Å². The van der Waals surface area contributed by atoms with Crippen molar-refractivity contribution in [1.82, 2.24) is 9.88 Å². The Morgan fingerprint density at radius 2 is 2.20 bits per heavy atom. The molecule has 20 heavy (non-hydrogen) atoms. The number of hydrogen-bond donors (Lipinski definition) is 0. The number of allylic oxidation sites excluding steroid dienone is 2. The van der Waals surface area contributed by atoms with Gasteiger partial charge in [0.2, 0.25) is 0 Å². The summed E-state index contributed by atoms with van der Waals surface area (Å²) in [5.41, 5.74) is 0.697. The first-order chi connectivity index (χ1) is 9.81. The Kier molecular flexibility index (Phi) is 5.74. The molecular formula is C16H22N2O2. The van der Waals surface area contributed by atoms with Gasteiger partial charge < -0.3 is 9.64 Å². The molecule has 1 unspecified atom stereocenters. The molecule has 1 aromatic rings. The molecule has 0 radical (unpaired) electrons. The monoisotopic (exact) mass is 274 g/mol. The highest BCUT2D eigenvalue weighted by Crippen LogP contribution is 2.20. The largest absolute Gasteiger partial charge is 0.383 e. The van der Waals surface area contributed by atoms with E-state index < -0.39 is 0 Å². The lowest BCUT2D eigenvalue weighted by Crippen LogP contribution is -2.38. The molecule has 0 N–H and O–H groups in total. The van der Waals surface area contributed by atoms with Gasteiger partial charge in [-0.3, -0.25) is 9.78 Å². The van der Waals surface area contributed by atoms with Crippen LogP contribution in [0.3, 0.4) is 0 Å². The fraction of sp³-hybridized carbons (Fsp3) is 0.500. The predicted molar refractivity (Wildman–Crippen MR) is 78.5 cm³/mol. The van der Waals surface area contributed by atoms with E-state index in [1.165, 1.54) is 0 Å². The Morgan fingerprint density at radius 3 is 2.85 bits per heavy atom. The van der Waals surface area contributed by atoms with Gasteiger partial charge in [0, 0.05) is 38.2 Å². The van der Waals surface area contributed by atoms with Crippen LogP contribution in [0.15, 0.2) is 36.7 Å². The highest BCUT2D eigenvalue weighted by molar-refractivity contribution is 5.94. The van der Waals surface area contributed by atoms with E-state index in [9.17, 15) is 4.79 Å². The maximum Gasteiger partial charge on any atom is 0.254 e. The zero-order valence-electron chi connectivity index (χ0n) is 12.0. The van der Waals surface area contributed by atoms with E-state index in [-0.39, 0.29) is 5.91 Å². The minimum Gasteiger partial charge on any atom is -0.383 e. The molecule has 0 aromatic carbocycles. The Balaban J connectivity index is 2.02. The summed E-state index contributed by atoms with van der Waals surface area (Å²) >= 11 is 0. The quantitative estimate of drug-likeness (QED) is 0.749. The van der Waals surface area contributed by atoms with Crippen LogP contribution in [0.4, 0.5) is 0 Å². The van der Waals surface area contributed by atoms with Gasteiger partial charge in [-0.05, 0) is 37.3 Å². The summed E-state index contributed by atoms with van der Waals surface area (Å²) in [4.78, 5) is 18.4. The summed E-state index contributed by atoms with van der Waals surface area (Å²) in [5, 5.41) is 0. The molecule has 0 saturated heterocycles. The van der Waals surface area contributed by atoms with E-state index >= 15 is 0 Å². The van der Waals surface area contributed by atoms with Gasteiger partial charge in [-0.15, -0.1) is 0 Å². The van der Waals surface area contributed by atoms with Crippen molar-refractivity contribution in [2.24, 2.45) is 5.92 Å². The normalized spacial score (nSPS) is 17.9. The fourth-order valence-electron chi connectivity index (χ4n) is 2.49. The molecule has 108 valence electrons. The summed E-state index contributed by atoms with van der Waals surface area (Å²) in [6.45, 7) is 2.01. The van der Waals surface area contributed by atoms with Crippen molar-refractivity contribution in [1.29, 1.82) is 0 Å². The van der Waals surface area contributed by atoms with E-state index in [1.807, 2.05) is 4.90 Å². The number of nitrogens with zero attached hydrogens (tertiary/aromatic N) is 2. The second-order valence-corrected chi connectivity index (χ2v) is 5.13. The number of hydrogen-bond acceptors (Lipinski definition) is 3. The number of carbonyl (C=O) groups is 1. The smallest absolute Gasteiger partial charge is 0.254 e. The zero-order chi connectivity index (χ0) is 14.2. The van der Waals surface area contributed by atoms with Crippen LogP contribution >= 0.6 is 0 Å². The lowest BCUT2D eigenvalue weighted by Gasteiger charge is -2.28. The lowest BCUT2D eigenvalue weighted by molar-refractivity contribution is 0.0658. The minimum absolute atomic E-state index is 0.0685. The SMILES string of the molecule is COCCN(CC1CC=CCC1)C(=O)c1ccncc1. The Morgan fingerprint density at radius 1 is 1.40 bits per heavy atom. The number of pyridine rings is 1. The third kappa shape index (κ3) is 4.17. The Bertz CT molecular complexity index is 445. The first kappa shape index (κ1) is 14.7. The highest BCUT2D eigenvalue weighted by Gasteiger charge is 2.20. The standard InChI is InChI=1S/C16H22N2O2/c1-20-12-11-18(13-14-5-3-2-4-6-14)16(19)15-7-9-17-10-8-15/h2-3,7-10,14H,4-6,11-13H2,1H3. The first-order valence-corrected chi connectivity index (χ1v) is 7.14. The second kappa shape index (κ2) is 7.80. The molecule has 4 nitrogen and oxygen atoms in total. The molecule has 2 rings (SSSR count). The molecule has 0 spiro atoms. The van der Waals surface area contributed by atoms with Crippen LogP contribution in [0.1, 0.15) is 29.6 Å². The molecule has 0 aliphatic heterocycles. The van der Waals surface area contributed by atoms with Crippen molar-refractivity contribution < 1.29 is 9.53 Å². The topological polar surface area (TPSA) is 42.4 Å². The number of methoxy groups -OCH3 is 1. The van der Waals surface area contributed by atoms with Crippen LogP contribution in [0, 0.1) is 5.92 Å². The highest BCUT2D eigenvalue weighted by atomic mass is 16.5. The average Bonchev–Trinajstić information content (AvgIpc) is 2.52. The van der Waals surface area contributed by atoms with Gasteiger partial charge in [0.05, 0.1) is 6.61 Å². The number of aromatic nitrogens is 1. The summed E-state index contributed by atoms with van der Waals surface area (Å²) in [5.74, 6) is 0.627. The molecule has 1 heterocycles. The van der Waals surface area contributed by atoms with E-state index in [0.29, 0.717) is 24.6 Å². The summed E-state index contributed by atoms with van der Waals surface area (Å²) in [6, 6.07) is 3.53. The Hall–Kier alpha value is -1.68. The van der Waals surface area contributed by atoms with Crippen LogP contribution in [-0.2, 0) is 4.74 Å². The van der Waals surface area contributed by atoms with Gasteiger partial charge in [0.25, 0.3) is 5.91 Å². The summed E-state index contributed by atoms with van der Waals surface area (Å²) in [7, 11) is 1.67. The van der Waals surface area contributed by atoms with Crippen molar-refractivity contribution in [2.75, 3.05) is 26.8 Å². The van der Waals surface area contributed by atoms with E-state index in [1.54, 1.807) is 31.6 Å². The maximum absolute atomic E-state index is 12.5. The summed E-state index contributed by atoms with van der Waals surface area (Å²) < 4.78 is 5.13. The van der Waals surface area contributed by atoms with Crippen molar-refractivity contribution in [3.63, 3.8) is 0 Å². The number of amides is 1. The van der Waals surface area contributed by atoms with Crippen molar-refractivity contribution in [3.05, 3.63) is 42.2 Å². The van der Waals surface area contributed by atoms with E-state index in [2.05, 4.69) is 17.1 Å². The molecule has 0 saturated carbocycles. The molecule has 0 bridgehead atoms. The van der Waals surface area contributed by atoms with Crippen LogP contribution in [0.25, 0.3) is 0 Å². The van der Waals surface area contributed by atoms with Gasteiger partial charge in [-0.25, -0.2) is 0 Å². The van der Waals surface area contributed by atoms with Gasteiger partial charge in [-0.1, -0.05) is 12.2 Å². The number of carbonyl (C=O) groups excluding carboxylic acids is 1. The maximum atomic E-state index is 12.5. The molecule has 4 heteroatoms. The molecule has 1 atom stereocenters. The molecule has 1 amide bonds. The van der Waals surface area contributed by atoms with Gasteiger partial charge >= 0.3 is 0 Å². The number of ether oxygens (including phenoxy) is 1. The fourth-order valence-corrected chi connectivity index (χ4v) is 2.49. The number of rotatable bonds is 6. The van der Waals surface area contributed by atoms with Gasteiger partial charge in [-0.2, -0.15) is 0 Å². The molecule has 0 fully saturated rings. The molecule has 1 aliphatic carbocycles. The first-order valence-electron chi connectivity index (χ1n) is 7.14. The lowest BCUT2D eigenvalue weighted by atomic mass is 9.94. The van der Waals surface area contributed by atoms with Crippen molar-refractivity contribution in [2.45, 2.75) is 19.3 Å². The van der Waals surface area contributed by atoms with E-state index in [4.69, 9.17) is 4.74 Å². The molecular weight excluding hydrogens is 252 g/mol. The van der Waals surface area contributed by atoms with Crippen LogP contribution in [-0.4, -0.2) is 42.6 Å². The van der Waals surface area contributed by atoms with Crippen LogP contribution in [0.5, 0.6) is 0 Å². The minimum atomic E-state index is 0.0685. The second-order valence-electron chi connectivity index (χ2n) is 5.13. The van der Waals surface area contributed by atoms with E-state index in [0.717, 1.165) is 25.8 Å². The van der Waals surface area contributed by atoms with Crippen molar-refractivity contribution in [3.8, 4) is 0 Å². The molecule has 1 aromatic heterocycles. The summed E-state index contributed by atoms with van der Waals surface area (Å²) in [6.07, 6.45) is 11.1. The third-order valence-corrected chi connectivity index (χ3v) is 3.64. The Labute approximate surface area is 120 Å². The van der Waals surface area contributed by atoms with Gasteiger partial charge in [0.15, 0.2) is 0 Å². The predicted octanol–water partition coefficient (Wildman–Crippen LogP) is 2.53.